The Hall–Kier alpha value is -0.930. The van der Waals surface area contributed by atoms with Crippen LogP contribution in [0.15, 0.2) is 6.20 Å². The minimum Gasteiger partial charge on any atom is -0.258 e. The molecule has 0 spiro atoms. The van der Waals surface area contributed by atoms with E-state index in [9.17, 15) is 8.78 Å². The molecule has 0 aliphatic carbocycles. The maximum atomic E-state index is 13.1. The second-order valence-electron chi connectivity index (χ2n) is 6.08. The summed E-state index contributed by atoms with van der Waals surface area (Å²) in [4.78, 5) is 0. The second kappa shape index (κ2) is 3.82. The summed E-state index contributed by atoms with van der Waals surface area (Å²) < 4.78 is 27.7. The Kier molecular flexibility index (Phi) is 3.14. The fraction of sp³-hybridized carbons (Fsp3) is 0.750. The van der Waals surface area contributed by atoms with Crippen LogP contribution in [-0.4, -0.2) is 9.78 Å². The van der Waals surface area contributed by atoms with Crippen LogP contribution in [-0.2, 0) is 11.0 Å². The van der Waals surface area contributed by atoms with Crippen LogP contribution in [0.2, 0.25) is 0 Å². The number of alkyl halides is 2. The SMILES string of the molecule is CC(C)(C)c1cnn(C(C)(C)C)c1C(F)F. The summed E-state index contributed by atoms with van der Waals surface area (Å²) in [6.45, 7) is 11.4. The Morgan fingerprint density at radius 3 is 1.94 bits per heavy atom. The average molecular weight is 230 g/mol. The summed E-state index contributed by atoms with van der Waals surface area (Å²) >= 11 is 0. The molecule has 0 bridgehead atoms. The summed E-state index contributed by atoms with van der Waals surface area (Å²) in [6, 6.07) is 0. The molecule has 1 aromatic rings. The lowest BCUT2D eigenvalue weighted by Gasteiger charge is -2.25. The highest BCUT2D eigenvalue weighted by Gasteiger charge is 2.31. The summed E-state index contributed by atoms with van der Waals surface area (Å²) in [7, 11) is 0. The highest BCUT2D eigenvalue weighted by atomic mass is 19.3. The summed E-state index contributed by atoms with van der Waals surface area (Å²) in [5.41, 5.74) is -0.0673. The van der Waals surface area contributed by atoms with Gasteiger partial charge in [-0.15, -0.1) is 0 Å². The zero-order valence-corrected chi connectivity index (χ0v) is 10.8. The highest BCUT2D eigenvalue weighted by molar-refractivity contribution is 5.27. The Bertz CT molecular complexity index is 336. The van der Waals surface area contributed by atoms with Gasteiger partial charge in [-0.1, -0.05) is 20.8 Å². The first-order valence-electron chi connectivity index (χ1n) is 5.42. The fourth-order valence-corrected chi connectivity index (χ4v) is 1.68. The largest absolute Gasteiger partial charge is 0.280 e. The Labute approximate surface area is 95.7 Å². The van der Waals surface area contributed by atoms with Gasteiger partial charge in [0.1, 0.15) is 5.69 Å². The summed E-state index contributed by atoms with van der Waals surface area (Å²) in [5.74, 6) is 0. The van der Waals surface area contributed by atoms with Crippen molar-refractivity contribution in [2.24, 2.45) is 0 Å². The van der Waals surface area contributed by atoms with Crippen molar-refractivity contribution in [2.45, 2.75) is 58.9 Å². The van der Waals surface area contributed by atoms with E-state index in [4.69, 9.17) is 0 Å². The van der Waals surface area contributed by atoms with Gasteiger partial charge in [-0.05, 0) is 26.2 Å². The number of nitrogens with zero attached hydrogens (tertiary/aromatic N) is 2. The zero-order valence-electron chi connectivity index (χ0n) is 10.8. The molecule has 0 unspecified atom stereocenters. The van der Waals surface area contributed by atoms with Crippen LogP contribution in [0, 0.1) is 0 Å². The molecule has 1 heterocycles. The number of rotatable bonds is 1. The molecule has 16 heavy (non-hydrogen) atoms. The van der Waals surface area contributed by atoms with E-state index in [0.29, 0.717) is 5.56 Å². The molecule has 0 aliphatic heterocycles. The fourth-order valence-electron chi connectivity index (χ4n) is 1.68. The average Bonchev–Trinajstić information content (AvgIpc) is 2.43. The second-order valence-corrected chi connectivity index (χ2v) is 6.08. The molecule has 1 rings (SSSR count). The molecule has 0 radical (unpaired) electrons. The van der Waals surface area contributed by atoms with Gasteiger partial charge >= 0.3 is 0 Å². The Morgan fingerprint density at radius 2 is 1.62 bits per heavy atom. The van der Waals surface area contributed by atoms with Crippen molar-refractivity contribution in [3.05, 3.63) is 17.5 Å². The van der Waals surface area contributed by atoms with Gasteiger partial charge in [0.25, 0.3) is 6.43 Å². The maximum Gasteiger partial charge on any atom is 0.280 e. The monoisotopic (exact) mass is 230 g/mol. The molecule has 0 saturated heterocycles. The molecule has 0 amide bonds. The van der Waals surface area contributed by atoms with Gasteiger partial charge in [0.15, 0.2) is 0 Å². The van der Waals surface area contributed by atoms with Gasteiger partial charge in [0.2, 0.25) is 0 Å². The van der Waals surface area contributed by atoms with E-state index in [2.05, 4.69) is 5.10 Å². The first-order chi connectivity index (χ1) is 7.05. The van der Waals surface area contributed by atoms with Crippen molar-refractivity contribution < 1.29 is 8.78 Å². The molecule has 0 aromatic carbocycles. The van der Waals surface area contributed by atoms with Crippen LogP contribution in [0.1, 0.15) is 59.2 Å². The van der Waals surface area contributed by atoms with Crippen LogP contribution in [0.4, 0.5) is 8.78 Å². The third-order valence-electron chi connectivity index (χ3n) is 2.46. The zero-order chi connectivity index (χ0) is 12.7. The Morgan fingerprint density at radius 1 is 1.12 bits per heavy atom. The van der Waals surface area contributed by atoms with E-state index in [0.717, 1.165) is 0 Å². The number of hydrogen-bond donors (Lipinski definition) is 0. The van der Waals surface area contributed by atoms with Crippen LogP contribution in [0.25, 0.3) is 0 Å². The van der Waals surface area contributed by atoms with E-state index < -0.39 is 12.0 Å². The van der Waals surface area contributed by atoms with E-state index in [1.54, 1.807) is 6.20 Å². The van der Waals surface area contributed by atoms with Gasteiger partial charge in [0.05, 0.1) is 11.7 Å². The molecule has 0 atom stereocenters. The minimum atomic E-state index is -2.49. The van der Waals surface area contributed by atoms with Crippen LogP contribution < -0.4 is 0 Å². The molecule has 2 nitrogen and oxygen atoms in total. The van der Waals surface area contributed by atoms with E-state index in [-0.39, 0.29) is 11.1 Å². The minimum absolute atomic E-state index is 0.0417. The lowest BCUT2D eigenvalue weighted by atomic mass is 9.87. The molecule has 0 saturated carbocycles. The number of hydrogen-bond acceptors (Lipinski definition) is 1. The smallest absolute Gasteiger partial charge is 0.258 e. The van der Waals surface area contributed by atoms with Crippen molar-refractivity contribution in [2.75, 3.05) is 0 Å². The molecule has 0 aliphatic rings. The third-order valence-corrected chi connectivity index (χ3v) is 2.46. The van der Waals surface area contributed by atoms with Crippen molar-refractivity contribution in [3.63, 3.8) is 0 Å². The van der Waals surface area contributed by atoms with Gasteiger partial charge < -0.3 is 0 Å². The van der Waals surface area contributed by atoms with E-state index in [1.165, 1.54) is 4.68 Å². The van der Waals surface area contributed by atoms with Crippen molar-refractivity contribution in [1.29, 1.82) is 0 Å². The topological polar surface area (TPSA) is 17.8 Å². The predicted molar refractivity (Wildman–Crippen MR) is 60.9 cm³/mol. The van der Waals surface area contributed by atoms with Gasteiger partial charge in [-0.2, -0.15) is 5.10 Å². The molecule has 4 heteroatoms. The molecule has 92 valence electrons. The quantitative estimate of drug-likeness (QED) is 0.716. The van der Waals surface area contributed by atoms with Crippen molar-refractivity contribution in [1.82, 2.24) is 9.78 Å². The van der Waals surface area contributed by atoms with Crippen LogP contribution >= 0.6 is 0 Å². The lowest BCUT2D eigenvalue weighted by Crippen LogP contribution is -2.26. The van der Waals surface area contributed by atoms with Gasteiger partial charge in [0, 0.05) is 5.56 Å². The first-order valence-corrected chi connectivity index (χ1v) is 5.42. The highest BCUT2D eigenvalue weighted by Crippen LogP contribution is 2.34. The summed E-state index contributed by atoms with van der Waals surface area (Å²) in [6.07, 6.45) is -0.928. The van der Waals surface area contributed by atoms with Crippen LogP contribution in [0.5, 0.6) is 0 Å². The molecule has 0 N–H and O–H groups in total. The molecule has 1 aromatic heterocycles. The summed E-state index contributed by atoms with van der Waals surface area (Å²) in [5, 5.41) is 4.11. The van der Waals surface area contributed by atoms with Crippen molar-refractivity contribution >= 4 is 0 Å². The van der Waals surface area contributed by atoms with E-state index in [1.807, 2.05) is 41.5 Å². The van der Waals surface area contributed by atoms with Crippen molar-refractivity contribution in [3.8, 4) is 0 Å². The standard InChI is InChI=1S/C12H20F2N2/c1-11(2,3)8-7-15-16(12(4,5)6)9(8)10(13)14/h7,10H,1-6H3. The van der Waals surface area contributed by atoms with E-state index >= 15 is 0 Å². The lowest BCUT2D eigenvalue weighted by molar-refractivity contribution is 0.127. The predicted octanol–water partition coefficient (Wildman–Crippen LogP) is 3.87. The third kappa shape index (κ3) is 2.42. The molecule has 0 fully saturated rings. The number of aromatic nitrogens is 2. The van der Waals surface area contributed by atoms with Crippen LogP contribution in [0.3, 0.4) is 0 Å². The van der Waals surface area contributed by atoms with Gasteiger partial charge in [-0.3, -0.25) is 4.68 Å². The number of halogens is 2. The maximum absolute atomic E-state index is 13.1. The molecular formula is C12H20F2N2. The Balaban J connectivity index is 3.41. The van der Waals surface area contributed by atoms with Gasteiger partial charge in [-0.25, -0.2) is 8.78 Å². The normalized spacial score (nSPS) is 13.6. The first kappa shape index (κ1) is 13.1. The molecular weight excluding hydrogens is 210 g/mol.